The molecule has 1 amide bonds. The molecule has 1 aromatic carbocycles. The number of amides is 1. The topological polar surface area (TPSA) is 64.1 Å². The number of hydrogen-bond donors (Lipinski definition) is 1. The molecule has 1 N–H and O–H groups in total. The van der Waals surface area contributed by atoms with Crippen LogP contribution in [0.4, 0.5) is 0 Å². The van der Waals surface area contributed by atoms with Crippen LogP contribution < -0.4 is 10.1 Å². The highest BCUT2D eigenvalue weighted by Crippen LogP contribution is 2.22. The number of nitrogens with zero attached hydrogens (tertiary/aromatic N) is 2. The van der Waals surface area contributed by atoms with Crippen molar-refractivity contribution in [3.05, 3.63) is 64.7 Å². The lowest BCUT2D eigenvalue weighted by molar-refractivity contribution is -0.123. The third-order valence-corrected chi connectivity index (χ3v) is 4.10. The first-order chi connectivity index (χ1) is 11.7. The molecule has 0 aliphatic rings. The highest BCUT2D eigenvalue weighted by atomic mass is 32.1. The average Bonchev–Trinajstić information content (AvgIpc) is 3.14. The molecule has 0 bridgehead atoms. The largest absolute Gasteiger partial charge is 0.484 e. The molecule has 3 rings (SSSR count). The normalized spacial score (nSPS) is 10.4. The van der Waals surface area contributed by atoms with Gasteiger partial charge in [-0.3, -0.25) is 14.8 Å². The van der Waals surface area contributed by atoms with Crippen LogP contribution in [0.1, 0.15) is 11.3 Å². The van der Waals surface area contributed by atoms with E-state index in [9.17, 15) is 4.79 Å². The first-order valence-electron chi connectivity index (χ1n) is 7.51. The summed E-state index contributed by atoms with van der Waals surface area (Å²) in [6, 6.07) is 9.57. The molecular weight excluding hydrogens is 322 g/mol. The number of aromatic nitrogens is 2. The first-order valence-corrected chi connectivity index (χ1v) is 8.45. The highest BCUT2D eigenvalue weighted by molar-refractivity contribution is 7.08. The number of aryl methyl sites for hydroxylation is 1. The summed E-state index contributed by atoms with van der Waals surface area (Å²) in [6.45, 7) is 2.29. The Labute approximate surface area is 144 Å². The van der Waals surface area contributed by atoms with Crippen molar-refractivity contribution in [2.45, 2.75) is 13.5 Å². The minimum Gasteiger partial charge on any atom is -0.484 e. The van der Waals surface area contributed by atoms with E-state index in [4.69, 9.17) is 4.74 Å². The molecule has 0 atom stereocenters. The van der Waals surface area contributed by atoms with Crippen LogP contribution in [0, 0.1) is 6.92 Å². The van der Waals surface area contributed by atoms with E-state index in [0.717, 1.165) is 22.5 Å². The minimum atomic E-state index is -0.197. The Morgan fingerprint density at radius 1 is 1.17 bits per heavy atom. The number of rotatable bonds is 6. The van der Waals surface area contributed by atoms with Gasteiger partial charge in [-0.15, -0.1) is 0 Å². The van der Waals surface area contributed by atoms with Crippen molar-refractivity contribution >= 4 is 17.2 Å². The van der Waals surface area contributed by atoms with E-state index in [0.29, 0.717) is 12.3 Å². The molecule has 0 aliphatic heterocycles. The van der Waals surface area contributed by atoms with Gasteiger partial charge in [0.2, 0.25) is 0 Å². The summed E-state index contributed by atoms with van der Waals surface area (Å²) in [7, 11) is 0. The predicted molar refractivity (Wildman–Crippen MR) is 93.9 cm³/mol. The molecule has 0 spiro atoms. The van der Waals surface area contributed by atoms with Gasteiger partial charge >= 0.3 is 0 Å². The van der Waals surface area contributed by atoms with Gasteiger partial charge in [-0.2, -0.15) is 11.3 Å². The maximum Gasteiger partial charge on any atom is 0.258 e. The van der Waals surface area contributed by atoms with Gasteiger partial charge in [0, 0.05) is 23.3 Å². The maximum absolute atomic E-state index is 12.0. The highest BCUT2D eigenvalue weighted by Gasteiger charge is 2.10. The fourth-order valence-corrected chi connectivity index (χ4v) is 2.79. The van der Waals surface area contributed by atoms with Gasteiger partial charge in [0.05, 0.1) is 17.9 Å². The fraction of sp³-hybridized carbons (Fsp3) is 0.167. The molecule has 24 heavy (non-hydrogen) atoms. The molecule has 0 radical (unpaired) electrons. The maximum atomic E-state index is 12.0. The summed E-state index contributed by atoms with van der Waals surface area (Å²) in [5.41, 5.74) is 3.68. The molecule has 0 unspecified atom stereocenters. The molecule has 2 heterocycles. The zero-order valence-corrected chi connectivity index (χ0v) is 14.0. The van der Waals surface area contributed by atoms with Gasteiger partial charge in [0.15, 0.2) is 6.61 Å². The van der Waals surface area contributed by atoms with E-state index in [1.165, 1.54) is 0 Å². The number of ether oxygens (including phenoxy) is 1. The summed E-state index contributed by atoms with van der Waals surface area (Å²) in [5.74, 6) is 0.478. The Bertz CT molecular complexity index is 801. The molecule has 0 saturated heterocycles. The summed E-state index contributed by atoms with van der Waals surface area (Å²) in [4.78, 5) is 20.7. The average molecular weight is 339 g/mol. The van der Waals surface area contributed by atoms with Crippen LogP contribution in [-0.2, 0) is 11.3 Å². The summed E-state index contributed by atoms with van der Waals surface area (Å²) in [5, 5.41) is 6.82. The second kappa shape index (κ2) is 7.70. The van der Waals surface area contributed by atoms with Crippen molar-refractivity contribution in [1.29, 1.82) is 0 Å². The lowest BCUT2D eigenvalue weighted by Gasteiger charge is -2.09. The van der Waals surface area contributed by atoms with Crippen LogP contribution in [0.25, 0.3) is 11.3 Å². The van der Waals surface area contributed by atoms with Crippen molar-refractivity contribution in [2.24, 2.45) is 0 Å². The number of carbonyl (C=O) groups excluding carboxylic acids is 1. The van der Waals surface area contributed by atoms with Crippen LogP contribution in [-0.4, -0.2) is 22.5 Å². The molecule has 2 aromatic heterocycles. The minimum absolute atomic E-state index is 0.0306. The fourth-order valence-electron chi connectivity index (χ4n) is 2.15. The van der Waals surface area contributed by atoms with E-state index in [1.54, 1.807) is 23.7 Å². The molecule has 3 aromatic rings. The van der Waals surface area contributed by atoms with Crippen LogP contribution in [0.15, 0.2) is 53.5 Å². The monoisotopic (exact) mass is 339 g/mol. The third kappa shape index (κ3) is 4.17. The Balaban J connectivity index is 1.56. The molecule has 6 heteroatoms. The van der Waals surface area contributed by atoms with Gasteiger partial charge in [-0.25, -0.2) is 0 Å². The lowest BCUT2D eigenvalue weighted by Crippen LogP contribution is -2.29. The standard InChI is InChI=1S/C18H17N3O2S/c1-13-2-4-15(5-3-13)23-11-17(22)21-10-16-18(20-8-7-19-16)14-6-9-24-12-14/h2-9,12H,10-11H2,1H3,(H,21,22). The molecule has 122 valence electrons. The summed E-state index contributed by atoms with van der Waals surface area (Å²) < 4.78 is 5.47. The van der Waals surface area contributed by atoms with Crippen LogP contribution in [0.3, 0.4) is 0 Å². The summed E-state index contributed by atoms with van der Waals surface area (Å²) in [6.07, 6.45) is 3.28. The van der Waals surface area contributed by atoms with Crippen molar-refractivity contribution in [3.8, 4) is 17.0 Å². The van der Waals surface area contributed by atoms with E-state index in [-0.39, 0.29) is 12.5 Å². The number of nitrogens with one attached hydrogen (secondary N) is 1. The van der Waals surface area contributed by atoms with Crippen molar-refractivity contribution in [1.82, 2.24) is 15.3 Å². The van der Waals surface area contributed by atoms with Gasteiger partial charge in [-0.1, -0.05) is 17.7 Å². The van der Waals surface area contributed by atoms with Crippen LogP contribution >= 0.6 is 11.3 Å². The Morgan fingerprint density at radius 3 is 2.71 bits per heavy atom. The van der Waals surface area contributed by atoms with Crippen molar-refractivity contribution in [2.75, 3.05) is 6.61 Å². The van der Waals surface area contributed by atoms with E-state index < -0.39 is 0 Å². The van der Waals surface area contributed by atoms with Gasteiger partial charge in [0.25, 0.3) is 5.91 Å². The molecular formula is C18H17N3O2S. The Morgan fingerprint density at radius 2 is 1.96 bits per heavy atom. The first kappa shape index (κ1) is 16.1. The zero-order valence-electron chi connectivity index (χ0n) is 13.2. The zero-order chi connectivity index (χ0) is 16.8. The van der Waals surface area contributed by atoms with E-state index >= 15 is 0 Å². The third-order valence-electron chi connectivity index (χ3n) is 3.41. The number of carbonyl (C=O) groups is 1. The van der Waals surface area contributed by atoms with Crippen LogP contribution in [0.5, 0.6) is 5.75 Å². The second-order valence-electron chi connectivity index (χ2n) is 5.24. The molecule has 0 fully saturated rings. The van der Waals surface area contributed by atoms with Crippen LogP contribution in [0.2, 0.25) is 0 Å². The number of hydrogen-bond acceptors (Lipinski definition) is 5. The molecule has 0 aliphatic carbocycles. The predicted octanol–water partition coefficient (Wildman–Crippen LogP) is 3.21. The van der Waals surface area contributed by atoms with Crippen molar-refractivity contribution < 1.29 is 9.53 Å². The smallest absolute Gasteiger partial charge is 0.258 e. The number of thiophene rings is 1. The Kier molecular flexibility index (Phi) is 5.18. The van der Waals surface area contributed by atoms with Gasteiger partial charge in [-0.05, 0) is 30.5 Å². The van der Waals surface area contributed by atoms with E-state index in [1.807, 2.05) is 48.0 Å². The van der Waals surface area contributed by atoms with Crippen molar-refractivity contribution in [3.63, 3.8) is 0 Å². The molecule has 5 nitrogen and oxygen atoms in total. The van der Waals surface area contributed by atoms with E-state index in [2.05, 4.69) is 15.3 Å². The lowest BCUT2D eigenvalue weighted by atomic mass is 10.2. The quantitative estimate of drug-likeness (QED) is 0.749. The number of benzene rings is 1. The summed E-state index contributed by atoms with van der Waals surface area (Å²) >= 11 is 1.60. The molecule has 0 saturated carbocycles. The Hall–Kier alpha value is -2.73. The van der Waals surface area contributed by atoms with Gasteiger partial charge < -0.3 is 10.1 Å². The second-order valence-corrected chi connectivity index (χ2v) is 6.02. The SMILES string of the molecule is Cc1ccc(OCC(=O)NCc2nccnc2-c2ccsc2)cc1. The van der Waals surface area contributed by atoms with Gasteiger partial charge in [0.1, 0.15) is 5.75 Å².